The number of nitrogens with zero attached hydrogens (tertiary/aromatic N) is 2. The third-order valence-corrected chi connectivity index (χ3v) is 5.47. The van der Waals surface area contributed by atoms with E-state index in [4.69, 9.17) is 16.1 Å². The lowest BCUT2D eigenvalue weighted by atomic mass is 9.81. The largest absolute Gasteiger partial charge is 0.481 e. The number of fused-ring (bicyclic) bond motifs is 1. The third-order valence-electron chi connectivity index (χ3n) is 5.17. The summed E-state index contributed by atoms with van der Waals surface area (Å²) in [5, 5.41) is 13.5. The Labute approximate surface area is 133 Å². The Balaban J connectivity index is 1.64. The first-order valence-corrected chi connectivity index (χ1v) is 7.93. The normalized spacial score (nSPS) is 27.2. The van der Waals surface area contributed by atoms with Gasteiger partial charge >= 0.3 is 5.97 Å². The minimum absolute atomic E-state index is 0.0216. The summed E-state index contributed by atoms with van der Waals surface area (Å²) < 4.78 is 4.87. The Hall–Kier alpha value is -1.56. The maximum atomic E-state index is 12.4. The van der Waals surface area contributed by atoms with Gasteiger partial charge in [-0.05, 0) is 43.7 Å². The van der Waals surface area contributed by atoms with Crippen molar-refractivity contribution in [2.75, 3.05) is 13.1 Å². The van der Waals surface area contributed by atoms with E-state index in [-0.39, 0.29) is 17.0 Å². The summed E-state index contributed by atoms with van der Waals surface area (Å²) >= 11 is 5.90. The topological polar surface area (TPSA) is 83.6 Å². The summed E-state index contributed by atoms with van der Waals surface area (Å²) in [4.78, 5) is 25.7. The number of amides is 1. The molecule has 6 nitrogen and oxygen atoms in total. The van der Waals surface area contributed by atoms with Crippen LogP contribution in [0.4, 0.5) is 0 Å². The van der Waals surface area contributed by atoms with Crippen LogP contribution in [0, 0.1) is 18.3 Å². The van der Waals surface area contributed by atoms with E-state index in [0.717, 1.165) is 18.4 Å². The molecule has 1 aliphatic heterocycles. The number of hydrogen-bond acceptors (Lipinski definition) is 4. The van der Waals surface area contributed by atoms with Crippen LogP contribution in [0.1, 0.15) is 36.9 Å². The molecule has 1 aromatic heterocycles. The van der Waals surface area contributed by atoms with Crippen LogP contribution >= 0.6 is 11.6 Å². The molecule has 7 heteroatoms. The van der Waals surface area contributed by atoms with E-state index in [0.29, 0.717) is 38.0 Å². The van der Waals surface area contributed by atoms with Crippen LogP contribution in [-0.4, -0.2) is 40.1 Å². The van der Waals surface area contributed by atoms with Gasteiger partial charge < -0.3 is 14.5 Å². The fraction of sp³-hybridized carbons (Fsp3) is 0.667. The minimum Gasteiger partial charge on any atom is -0.481 e. The van der Waals surface area contributed by atoms with Gasteiger partial charge in [0, 0.05) is 25.1 Å². The Morgan fingerprint density at radius 2 is 2.32 bits per heavy atom. The van der Waals surface area contributed by atoms with E-state index in [1.54, 1.807) is 11.8 Å². The van der Waals surface area contributed by atoms with Crippen LogP contribution in [0.15, 0.2) is 4.52 Å². The standard InChI is InChI=1S/C15H19ClN2O4/c1-9-11(13(16)22-17-9)4-5-12(19)18-7-10-3-2-6-15(10,8-18)14(20)21/h10H,2-8H2,1H3,(H,20,21)/t10-,15+/m0/s1. The summed E-state index contributed by atoms with van der Waals surface area (Å²) in [7, 11) is 0. The van der Waals surface area contributed by atoms with Crippen LogP contribution in [0.3, 0.4) is 0 Å². The van der Waals surface area contributed by atoms with E-state index in [2.05, 4.69) is 5.16 Å². The minimum atomic E-state index is -0.761. The first-order valence-electron chi connectivity index (χ1n) is 7.56. The molecule has 3 rings (SSSR count). The second kappa shape index (κ2) is 5.57. The number of aliphatic carboxylic acids is 1. The van der Waals surface area contributed by atoms with Crippen molar-refractivity contribution in [3.63, 3.8) is 0 Å². The van der Waals surface area contributed by atoms with Gasteiger partial charge in [-0.1, -0.05) is 11.6 Å². The molecular weight excluding hydrogens is 308 g/mol. The molecule has 22 heavy (non-hydrogen) atoms. The third kappa shape index (κ3) is 2.39. The van der Waals surface area contributed by atoms with Gasteiger partial charge in [-0.2, -0.15) is 0 Å². The maximum Gasteiger partial charge on any atom is 0.311 e. The van der Waals surface area contributed by atoms with Crippen LogP contribution in [0.5, 0.6) is 0 Å². The molecule has 120 valence electrons. The number of aromatic nitrogens is 1. The zero-order chi connectivity index (χ0) is 15.9. The van der Waals surface area contributed by atoms with Crippen molar-refractivity contribution in [2.45, 2.75) is 39.0 Å². The molecule has 2 heterocycles. The number of rotatable bonds is 4. The van der Waals surface area contributed by atoms with Crippen LogP contribution in [0.25, 0.3) is 0 Å². The molecule has 0 unspecified atom stereocenters. The van der Waals surface area contributed by atoms with E-state index in [1.165, 1.54) is 0 Å². The molecule has 0 spiro atoms. The molecule has 2 fully saturated rings. The van der Waals surface area contributed by atoms with Crippen molar-refractivity contribution >= 4 is 23.5 Å². The number of carbonyl (C=O) groups is 2. The molecule has 1 aliphatic carbocycles. The summed E-state index contributed by atoms with van der Waals surface area (Å²) in [5.74, 6) is -0.690. The zero-order valence-electron chi connectivity index (χ0n) is 12.5. The number of aryl methyl sites for hydroxylation is 1. The van der Waals surface area contributed by atoms with Gasteiger partial charge in [0.1, 0.15) is 0 Å². The number of halogens is 1. The molecule has 0 aromatic carbocycles. The lowest BCUT2D eigenvalue weighted by Crippen LogP contribution is -2.37. The maximum absolute atomic E-state index is 12.4. The molecule has 2 aliphatic rings. The Morgan fingerprint density at radius 3 is 2.91 bits per heavy atom. The highest BCUT2D eigenvalue weighted by atomic mass is 35.5. The highest BCUT2D eigenvalue weighted by molar-refractivity contribution is 6.29. The summed E-state index contributed by atoms with van der Waals surface area (Å²) in [5.41, 5.74) is 0.723. The van der Waals surface area contributed by atoms with Crippen molar-refractivity contribution < 1.29 is 19.2 Å². The van der Waals surface area contributed by atoms with Crippen LogP contribution in [0.2, 0.25) is 5.22 Å². The molecule has 2 atom stereocenters. The average Bonchev–Trinajstić information content (AvgIpc) is 3.10. The molecule has 1 aromatic rings. The molecule has 0 bridgehead atoms. The Kier molecular flexibility index (Phi) is 3.89. The number of carboxylic acids is 1. The number of carboxylic acid groups (broad SMARTS) is 1. The van der Waals surface area contributed by atoms with E-state index < -0.39 is 11.4 Å². The van der Waals surface area contributed by atoms with Gasteiger partial charge in [-0.25, -0.2) is 0 Å². The summed E-state index contributed by atoms with van der Waals surface area (Å²) in [6.07, 6.45) is 3.27. The molecule has 1 N–H and O–H groups in total. The first-order chi connectivity index (χ1) is 10.4. The van der Waals surface area contributed by atoms with Gasteiger partial charge in [0.15, 0.2) is 0 Å². The lowest BCUT2D eigenvalue weighted by molar-refractivity contribution is -0.149. The van der Waals surface area contributed by atoms with Gasteiger partial charge in [0.05, 0.1) is 11.1 Å². The Bertz CT molecular complexity index is 595. The van der Waals surface area contributed by atoms with Gasteiger partial charge in [0.2, 0.25) is 11.1 Å². The fourth-order valence-electron chi connectivity index (χ4n) is 3.86. The van der Waals surface area contributed by atoms with Crippen LogP contribution in [-0.2, 0) is 16.0 Å². The predicted octanol–water partition coefficient (Wildman–Crippen LogP) is 2.28. The van der Waals surface area contributed by atoms with Crippen molar-refractivity contribution in [3.8, 4) is 0 Å². The molecule has 0 radical (unpaired) electrons. The summed E-state index contributed by atoms with van der Waals surface area (Å²) in [6.45, 7) is 2.68. The van der Waals surface area contributed by atoms with Gasteiger partial charge in [-0.15, -0.1) is 0 Å². The number of hydrogen-bond donors (Lipinski definition) is 1. The van der Waals surface area contributed by atoms with Gasteiger partial charge in [0.25, 0.3) is 0 Å². The molecule has 1 saturated heterocycles. The second-order valence-corrected chi connectivity index (χ2v) is 6.69. The SMILES string of the molecule is Cc1noc(Cl)c1CCC(=O)N1C[C@@H]2CCC[C@@]2(C(=O)O)C1. The van der Waals surface area contributed by atoms with Crippen molar-refractivity contribution in [1.29, 1.82) is 0 Å². The lowest BCUT2D eigenvalue weighted by Gasteiger charge is -2.23. The first kappa shape index (κ1) is 15.3. The summed E-state index contributed by atoms with van der Waals surface area (Å²) in [6, 6.07) is 0. The smallest absolute Gasteiger partial charge is 0.311 e. The second-order valence-electron chi connectivity index (χ2n) is 6.34. The molecule has 1 saturated carbocycles. The van der Waals surface area contributed by atoms with E-state index >= 15 is 0 Å². The van der Waals surface area contributed by atoms with Crippen molar-refractivity contribution in [1.82, 2.24) is 10.1 Å². The van der Waals surface area contributed by atoms with E-state index in [9.17, 15) is 14.7 Å². The molecular formula is C15H19ClN2O4. The average molecular weight is 327 g/mol. The highest BCUT2D eigenvalue weighted by Crippen LogP contribution is 2.49. The highest BCUT2D eigenvalue weighted by Gasteiger charge is 2.55. The number of carbonyl (C=O) groups excluding carboxylic acids is 1. The van der Waals surface area contributed by atoms with E-state index in [1.807, 2.05) is 0 Å². The zero-order valence-corrected chi connectivity index (χ0v) is 13.2. The van der Waals surface area contributed by atoms with Crippen molar-refractivity contribution in [3.05, 3.63) is 16.5 Å². The molecule has 1 amide bonds. The quantitative estimate of drug-likeness (QED) is 0.917. The predicted molar refractivity (Wildman–Crippen MR) is 78.6 cm³/mol. The Morgan fingerprint density at radius 1 is 1.55 bits per heavy atom. The van der Waals surface area contributed by atoms with Crippen molar-refractivity contribution in [2.24, 2.45) is 11.3 Å². The van der Waals surface area contributed by atoms with Gasteiger partial charge in [-0.3, -0.25) is 9.59 Å². The van der Waals surface area contributed by atoms with Crippen LogP contribution < -0.4 is 0 Å². The number of likely N-dealkylation sites (tertiary alicyclic amines) is 1. The fourth-order valence-corrected chi connectivity index (χ4v) is 4.12. The monoisotopic (exact) mass is 326 g/mol.